The predicted molar refractivity (Wildman–Crippen MR) is 74.7 cm³/mol. The highest BCUT2D eigenvalue weighted by Gasteiger charge is 2.16. The first-order chi connectivity index (χ1) is 8.84. The van der Waals surface area contributed by atoms with Crippen molar-refractivity contribution in [3.05, 3.63) is 44.7 Å². The number of aliphatic carboxylic acids is 1. The lowest BCUT2D eigenvalue weighted by atomic mass is 9.98. The molecule has 0 bridgehead atoms. The molecule has 4 heteroatoms. The third kappa shape index (κ3) is 2.03. The lowest BCUT2D eigenvalue weighted by Gasteiger charge is -2.15. The quantitative estimate of drug-likeness (QED) is 0.898. The Morgan fingerprint density at radius 2 is 1.84 bits per heavy atom. The number of fused-ring (bicyclic) bond motifs is 1. The van der Waals surface area contributed by atoms with Gasteiger partial charge >= 0.3 is 5.97 Å². The molecule has 2 rings (SSSR count). The molecule has 100 valence electrons. The van der Waals surface area contributed by atoms with Crippen LogP contribution in [0.5, 0.6) is 0 Å². The molecule has 0 fully saturated rings. The van der Waals surface area contributed by atoms with Crippen molar-refractivity contribution in [3.8, 4) is 0 Å². The third-order valence-corrected chi connectivity index (χ3v) is 3.78. The smallest absolute Gasteiger partial charge is 0.308 e. The minimum atomic E-state index is -0.983. The summed E-state index contributed by atoms with van der Waals surface area (Å²) in [6, 6.07) is 3.96. The maximum absolute atomic E-state index is 12.3. The average Bonchev–Trinajstić information content (AvgIpc) is 2.35. The van der Waals surface area contributed by atoms with Gasteiger partial charge in [0, 0.05) is 18.0 Å². The highest BCUT2D eigenvalue weighted by Crippen LogP contribution is 2.24. The van der Waals surface area contributed by atoms with Crippen molar-refractivity contribution in [2.45, 2.75) is 27.2 Å². The van der Waals surface area contributed by atoms with Crippen molar-refractivity contribution < 1.29 is 9.90 Å². The van der Waals surface area contributed by atoms with Crippen molar-refractivity contribution in [2.75, 3.05) is 0 Å². The first kappa shape index (κ1) is 13.3. The summed E-state index contributed by atoms with van der Waals surface area (Å²) in [4.78, 5) is 23.2. The van der Waals surface area contributed by atoms with Gasteiger partial charge in [-0.2, -0.15) is 0 Å². The molecule has 19 heavy (non-hydrogen) atoms. The SMILES string of the molecule is Cc1ccc2c(C)c(CC(=O)O)c(=O)n(C)c2c1C. The van der Waals surface area contributed by atoms with Gasteiger partial charge in [-0.05, 0) is 37.5 Å². The van der Waals surface area contributed by atoms with Crippen molar-refractivity contribution in [3.63, 3.8) is 0 Å². The summed E-state index contributed by atoms with van der Waals surface area (Å²) in [5.74, 6) is -0.983. The molecule has 0 amide bonds. The van der Waals surface area contributed by atoms with Crippen molar-refractivity contribution in [1.82, 2.24) is 4.57 Å². The van der Waals surface area contributed by atoms with Crippen LogP contribution in [-0.4, -0.2) is 15.6 Å². The number of aryl methyl sites for hydroxylation is 4. The van der Waals surface area contributed by atoms with E-state index in [1.54, 1.807) is 11.6 Å². The van der Waals surface area contributed by atoms with Gasteiger partial charge in [0.15, 0.2) is 0 Å². The second-order valence-electron chi connectivity index (χ2n) is 4.94. The maximum Gasteiger partial charge on any atom is 0.308 e. The predicted octanol–water partition coefficient (Wildman–Crippen LogP) is 2.09. The number of rotatable bonds is 2. The standard InChI is InChI=1S/C15H17NO3/c1-8-5-6-11-10(3)12(7-13(17)18)15(19)16(4)14(11)9(8)2/h5-6H,7H2,1-4H3,(H,17,18). The Labute approximate surface area is 111 Å². The highest BCUT2D eigenvalue weighted by molar-refractivity contribution is 5.88. The normalized spacial score (nSPS) is 10.9. The van der Waals surface area contributed by atoms with E-state index < -0.39 is 5.97 Å². The Balaban J connectivity index is 2.95. The van der Waals surface area contributed by atoms with Gasteiger partial charge in [0.25, 0.3) is 5.56 Å². The lowest BCUT2D eigenvalue weighted by Crippen LogP contribution is -2.25. The number of benzene rings is 1. The monoisotopic (exact) mass is 259 g/mol. The molecule has 4 nitrogen and oxygen atoms in total. The molecule has 0 aliphatic carbocycles. The summed E-state index contributed by atoms with van der Waals surface area (Å²) in [5, 5.41) is 9.88. The van der Waals surface area contributed by atoms with Crippen LogP contribution < -0.4 is 5.56 Å². The lowest BCUT2D eigenvalue weighted by molar-refractivity contribution is -0.136. The molecule has 0 atom stereocenters. The average molecular weight is 259 g/mol. The molecule has 1 aromatic carbocycles. The molecule has 0 aliphatic heterocycles. The molecule has 0 saturated heterocycles. The second-order valence-corrected chi connectivity index (χ2v) is 4.94. The highest BCUT2D eigenvalue weighted by atomic mass is 16.4. The molecule has 0 unspecified atom stereocenters. The summed E-state index contributed by atoms with van der Waals surface area (Å²) in [6.07, 6.45) is -0.235. The van der Waals surface area contributed by atoms with Crippen LogP contribution in [0.2, 0.25) is 0 Å². The topological polar surface area (TPSA) is 59.3 Å². The Hall–Kier alpha value is -2.10. The molecule has 0 spiro atoms. The summed E-state index contributed by atoms with van der Waals surface area (Å²) in [6.45, 7) is 5.80. The van der Waals surface area contributed by atoms with E-state index in [4.69, 9.17) is 5.11 Å². The zero-order chi connectivity index (χ0) is 14.3. The van der Waals surface area contributed by atoms with Gasteiger partial charge in [0.05, 0.1) is 11.9 Å². The fraction of sp³-hybridized carbons (Fsp3) is 0.333. The van der Waals surface area contributed by atoms with Crippen molar-refractivity contribution in [2.24, 2.45) is 7.05 Å². The summed E-state index contributed by atoms with van der Waals surface area (Å²) >= 11 is 0. The minimum Gasteiger partial charge on any atom is -0.481 e. The van der Waals surface area contributed by atoms with E-state index in [0.29, 0.717) is 5.56 Å². The van der Waals surface area contributed by atoms with E-state index in [0.717, 1.165) is 27.6 Å². The van der Waals surface area contributed by atoms with E-state index in [9.17, 15) is 9.59 Å². The zero-order valence-electron chi connectivity index (χ0n) is 11.6. The maximum atomic E-state index is 12.3. The Morgan fingerprint density at radius 1 is 1.21 bits per heavy atom. The molecule has 0 radical (unpaired) electrons. The number of hydrogen-bond acceptors (Lipinski definition) is 2. The van der Waals surface area contributed by atoms with Gasteiger partial charge in [-0.25, -0.2) is 0 Å². The third-order valence-electron chi connectivity index (χ3n) is 3.78. The number of nitrogens with zero attached hydrogens (tertiary/aromatic N) is 1. The van der Waals surface area contributed by atoms with Gasteiger partial charge in [0.1, 0.15) is 0 Å². The fourth-order valence-electron chi connectivity index (χ4n) is 2.52. The van der Waals surface area contributed by atoms with E-state index in [1.165, 1.54) is 0 Å². The van der Waals surface area contributed by atoms with Crippen LogP contribution in [0.4, 0.5) is 0 Å². The molecular weight excluding hydrogens is 242 g/mol. The summed E-state index contributed by atoms with van der Waals surface area (Å²) in [5.41, 5.74) is 3.97. The van der Waals surface area contributed by atoms with Crippen LogP contribution in [0.15, 0.2) is 16.9 Å². The molecule has 0 aliphatic rings. The molecule has 1 aromatic heterocycles. The first-order valence-electron chi connectivity index (χ1n) is 6.14. The molecule has 1 N–H and O–H groups in total. The van der Waals surface area contributed by atoms with Gasteiger partial charge in [-0.3, -0.25) is 9.59 Å². The Kier molecular flexibility index (Phi) is 3.18. The Morgan fingerprint density at radius 3 is 2.42 bits per heavy atom. The largest absolute Gasteiger partial charge is 0.481 e. The fourth-order valence-corrected chi connectivity index (χ4v) is 2.52. The van der Waals surface area contributed by atoms with E-state index >= 15 is 0 Å². The van der Waals surface area contributed by atoms with E-state index in [2.05, 4.69) is 0 Å². The zero-order valence-corrected chi connectivity index (χ0v) is 11.6. The van der Waals surface area contributed by atoms with Crippen LogP contribution in [0.25, 0.3) is 10.9 Å². The number of carboxylic acid groups (broad SMARTS) is 1. The number of carbonyl (C=O) groups is 1. The molecular formula is C15H17NO3. The van der Waals surface area contributed by atoms with E-state index in [1.807, 2.05) is 32.9 Å². The van der Waals surface area contributed by atoms with Crippen molar-refractivity contribution in [1.29, 1.82) is 0 Å². The van der Waals surface area contributed by atoms with E-state index in [-0.39, 0.29) is 12.0 Å². The van der Waals surface area contributed by atoms with Gasteiger partial charge < -0.3 is 9.67 Å². The van der Waals surface area contributed by atoms with Crippen LogP contribution in [0.1, 0.15) is 22.3 Å². The van der Waals surface area contributed by atoms with Crippen LogP contribution in [0, 0.1) is 20.8 Å². The number of hydrogen-bond donors (Lipinski definition) is 1. The van der Waals surface area contributed by atoms with Crippen LogP contribution in [0.3, 0.4) is 0 Å². The number of pyridine rings is 1. The van der Waals surface area contributed by atoms with Gasteiger partial charge in [-0.15, -0.1) is 0 Å². The summed E-state index contributed by atoms with van der Waals surface area (Å²) < 4.78 is 1.56. The second kappa shape index (κ2) is 4.53. The number of aromatic nitrogens is 1. The van der Waals surface area contributed by atoms with Gasteiger partial charge in [0.2, 0.25) is 0 Å². The van der Waals surface area contributed by atoms with Crippen LogP contribution in [-0.2, 0) is 18.3 Å². The Bertz CT molecular complexity index is 741. The molecule has 1 heterocycles. The van der Waals surface area contributed by atoms with Crippen molar-refractivity contribution >= 4 is 16.9 Å². The molecule has 0 saturated carbocycles. The summed E-state index contributed by atoms with van der Waals surface area (Å²) in [7, 11) is 1.70. The van der Waals surface area contributed by atoms with Crippen LogP contribution >= 0.6 is 0 Å². The first-order valence-corrected chi connectivity index (χ1v) is 6.14. The number of carboxylic acids is 1. The molecule has 2 aromatic rings. The van der Waals surface area contributed by atoms with Gasteiger partial charge in [-0.1, -0.05) is 12.1 Å². The minimum absolute atomic E-state index is 0.221.